The van der Waals surface area contributed by atoms with E-state index in [-0.39, 0.29) is 17.6 Å². The topological polar surface area (TPSA) is 71.0 Å². The van der Waals surface area contributed by atoms with Crippen molar-refractivity contribution in [3.63, 3.8) is 0 Å². The fourth-order valence-corrected chi connectivity index (χ4v) is 4.10. The van der Waals surface area contributed by atoms with Crippen LogP contribution in [0.15, 0.2) is 47.3 Å². The third-order valence-corrected chi connectivity index (χ3v) is 5.80. The standard InChI is InChI=1S/C26H29F3N4O3/c1-16(2)12-13-31-19-9-7-6-8-18(19)30-22(31)15-32-20-11-10-17(26(27,28)29)14-21(20)33(23(32)34)24(35)36-25(3,4)5/h6-11,14,16H,12-13,15H2,1-5H3. The van der Waals surface area contributed by atoms with Gasteiger partial charge in [0.25, 0.3) is 0 Å². The zero-order valence-corrected chi connectivity index (χ0v) is 20.9. The van der Waals surface area contributed by atoms with Crippen LogP contribution in [0.2, 0.25) is 0 Å². The molecule has 7 nitrogen and oxygen atoms in total. The number of rotatable bonds is 5. The molecule has 2 aromatic carbocycles. The van der Waals surface area contributed by atoms with Crippen LogP contribution in [0.5, 0.6) is 0 Å². The van der Waals surface area contributed by atoms with Gasteiger partial charge in [0.1, 0.15) is 11.4 Å². The van der Waals surface area contributed by atoms with Crippen molar-refractivity contribution in [1.82, 2.24) is 18.7 Å². The number of aryl methyl sites for hydroxylation is 1. The zero-order valence-electron chi connectivity index (χ0n) is 20.9. The number of carbonyl (C=O) groups is 1. The molecule has 10 heteroatoms. The van der Waals surface area contributed by atoms with Gasteiger partial charge in [0.05, 0.1) is 34.2 Å². The Labute approximate surface area is 206 Å². The number of fused-ring (bicyclic) bond motifs is 2. The first kappa shape index (κ1) is 25.5. The summed E-state index contributed by atoms with van der Waals surface area (Å²) in [6.45, 7) is 9.70. The Hall–Kier alpha value is -3.56. The van der Waals surface area contributed by atoms with E-state index in [9.17, 15) is 22.8 Å². The fourth-order valence-electron chi connectivity index (χ4n) is 4.10. The van der Waals surface area contributed by atoms with Crippen LogP contribution in [0.4, 0.5) is 18.0 Å². The number of nitrogens with zero attached hydrogens (tertiary/aromatic N) is 4. The lowest BCUT2D eigenvalue weighted by molar-refractivity contribution is -0.137. The number of aromatic nitrogens is 4. The Balaban J connectivity index is 1.90. The van der Waals surface area contributed by atoms with Crippen LogP contribution in [0, 0.1) is 5.92 Å². The van der Waals surface area contributed by atoms with Gasteiger partial charge >= 0.3 is 18.0 Å². The van der Waals surface area contributed by atoms with Gasteiger partial charge in [-0.2, -0.15) is 17.7 Å². The SMILES string of the molecule is CC(C)CCn1c(Cn2c(=O)n(C(=O)OC(C)(C)C)c3cc(C(F)(F)F)ccc32)nc2ccccc21. The number of alkyl halides is 3. The molecule has 0 saturated heterocycles. The molecule has 0 N–H and O–H groups in total. The number of ether oxygens (including phenoxy) is 1. The Morgan fingerprint density at radius 2 is 1.69 bits per heavy atom. The van der Waals surface area contributed by atoms with Crippen molar-refractivity contribution in [2.24, 2.45) is 5.92 Å². The molecule has 36 heavy (non-hydrogen) atoms. The van der Waals surface area contributed by atoms with Crippen molar-refractivity contribution in [2.45, 2.75) is 65.9 Å². The van der Waals surface area contributed by atoms with E-state index in [0.717, 1.165) is 29.6 Å². The van der Waals surface area contributed by atoms with E-state index in [1.54, 1.807) is 20.8 Å². The van der Waals surface area contributed by atoms with E-state index in [0.29, 0.717) is 22.9 Å². The minimum absolute atomic E-state index is 0.0245. The van der Waals surface area contributed by atoms with Gasteiger partial charge in [0.2, 0.25) is 0 Å². The van der Waals surface area contributed by atoms with Crippen molar-refractivity contribution in [2.75, 3.05) is 0 Å². The molecular weight excluding hydrogens is 473 g/mol. The van der Waals surface area contributed by atoms with E-state index < -0.39 is 29.1 Å². The van der Waals surface area contributed by atoms with Crippen molar-refractivity contribution in [3.8, 4) is 0 Å². The van der Waals surface area contributed by atoms with Gasteiger partial charge in [0.15, 0.2) is 0 Å². The smallest absolute Gasteiger partial charge is 0.423 e. The Morgan fingerprint density at radius 1 is 1.00 bits per heavy atom. The van der Waals surface area contributed by atoms with Crippen LogP contribution in [-0.2, 0) is 24.0 Å². The number of hydrogen-bond donors (Lipinski definition) is 0. The largest absolute Gasteiger partial charge is 0.443 e. The van der Waals surface area contributed by atoms with Gasteiger partial charge in [-0.1, -0.05) is 26.0 Å². The van der Waals surface area contributed by atoms with Gasteiger partial charge in [0, 0.05) is 6.54 Å². The lowest BCUT2D eigenvalue weighted by Crippen LogP contribution is -2.34. The lowest BCUT2D eigenvalue weighted by atomic mass is 10.1. The number of imidazole rings is 2. The average Bonchev–Trinajstić information content (AvgIpc) is 3.24. The molecule has 0 bridgehead atoms. The highest BCUT2D eigenvalue weighted by atomic mass is 19.4. The van der Waals surface area contributed by atoms with Crippen LogP contribution in [0.25, 0.3) is 22.1 Å². The van der Waals surface area contributed by atoms with Crippen molar-refractivity contribution >= 4 is 28.2 Å². The first-order chi connectivity index (χ1) is 16.8. The third kappa shape index (κ3) is 5.03. The number of carbonyl (C=O) groups excluding carboxylic acids is 1. The summed E-state index contributed by atoms with van der Waals surface area (Å²) in [7, 11) is 0. The average molecular weight is 503 g/mol. The summed E-state index contributed by atoms with van der Waals surface area (Å²) in [6, 6.07) is 10.5. The molecule has 0 aliphatic rings. The van der Waals surface area contributed by atoms with Crippen LogP contribution in [-0.4, -0.2) is 30.4 Å². The molecule has 4 aromatic rings. The summed E-state index contributed by atoms with van der Waals surface area (Å²) in [5, 5.41) is 0. The molecule has 0 unspecified atom stereocenters. The summed E-state index contributed by atoms with van der Waals surface area (Å²) in [5.41, 5.74) is -1.04. The Bertz CT molecular complexity index is 1490. The number of hydrogen-bond acceptors (Lipinski definition) is 4. The summed E-state index contributed by atoms with van der Waals surface area (Å²) >= 11 is 0. The number of benzene rings is 2. The van der Waals surface area contributed by atoms with E-state index in [4.69, 9.17) is 9.72 Å². The van der Waals surface area contributed by atoms with Crippen molar-refractivity contribution in [1.29, 1.82) is 0 Å². The zero-order chi connectivity index (χ0) is 26.4. The maximum absolute atomic E-state index is 13.5. The van der Waals surface area contributed by atoms with Crippen molar-refractivity contribution in [3.05, 3.63) is 64.3 Å². The number of para-hydroxylation sites is 2. The maximum atomic E-state index is 13.5. The van der Waals surface area contributed by atoms with Crippen molar-refractivity contribution < 1.29 is 22.7 Å². The molecule has 0 spiro atoms. The van der Waals surface area contributed by atoms with Gasteiger partial charge in [-0.25, -0.2) is 14.6 Å². The lowest BCUT2D eigenvalue weighted by Gasteiger charge is -2.19. The first-order valence-electron chi connectivity index (χ1n) is 11.8. The molecule has 0 atom stereocenters. The van der Waals surface area contributed by atoms with Gasteiger partial charge < -0.3 is 9.30 Å². The Morgan fingerprint density at radius 3 is 2.33 bits per heavy atom. The van der Waals surface area contributed by atoms with Crippen LogP contribution in [0.3, 0.4) is 0 Å². The van der Waals surface area contributed by atoms with Crippen LogP contribution < -0.4 is 5.69 Å². The second-order valence-corrected chi connectivity index (χ2v) is 10.2. The first-order valence-corrected chi connectivity index (χ1v) is 11.8. The molecule has 2 heterocycles. The molecule has 0 saturated carbocycles. The molecule has 0 aliphatic carbocycles. The summed E-state index contributed by atoms with van der Waals surface area (Å²) < 4.78 is 49.7. The summed E-state index contributed by atoms with van der Waals surface area (Å²) in [6.07, 6.45) is -4.81. The predicted molar refractivity (Wildman–Crippen MR) is 131 cm³/mol. The predicted octanol–water partition coefficient (Wildman–Crippen LogP) is 6.05. The molecule has 0 amide bonds. The second-order valence-electron chi connectivity index (χ2n) is 10.2. The van der Waals surface area contributed by atoms with E-state index in [2.05, 4.69) is 13.8 Å². The van der Waals surface area contributed by atoms with Gasteiger partial charge in [-0.3, -0.25) is 4.57 Å². The highest BCUT2D eigenvalue weighted by Gasteiger charge is 2.33. The fraction of sp³-hybridized carbons (Fsp3) is 0.423. The molecule has 0 fully saturated rings. The molecule has 4 rings (SSSR count). The minimum Gasteiger partial charge on any atom is -0.443 e. The van der Waals surface area contributed by atoms with Gasteiger partial charge in [-0.05, 0) is 63.4 Å². The van der Waals surface area contributed by atoms with Crippen LogP contribution >= 0.6 is 0 Å². The van der Waals surface area contributed by atoms with Gasteiger partial charge in [-0.15, -0.1) is 0 Å². The normalized spacial score (nSPS) is 12.7. The molecular formula is C26H29F3N4O3. The summed E-state index contributed by atoms with van der Waals surface area (Å²) in [5.74, 6) is 0.999. The molecule has 0 radical (unpaired) electrons. The number of halogens is 3. The molecule has 192 valence electrons. The molecule has 0 aliphatic heterocycles. The maximum Gasteiger partial charge on any atom is 0.423 e. The minimum atomic E-state index is -4.64. The highest BCUT2D eigenvalue weighted by Crippen LogP contribution is 2.32. The monoisotopic (exact) mass is 502 g/mol. The van der Waals surface area contributed by atoms with E-state index in [1.165, 1.54) is 10.6 Å². The second kappa shape index (κ2) is 9.15. The van der Waals surface area contributed by atoms with E-state index >= 15 is 0 Å². The third-order valence-electron chi connectivity index (χ3n) is 5.80. The van der Waals surface area contributed by atoms with Crippen LogP contribution in [0.1, 0.15) is 52.4 Å². The van der Waals surface area contributed by atoms with E-state index in [1.807, 2.05) is 28.8 Å². The molecule has 2 aromatic heterocycles. The quantitative estimate of drug-likeness (QED) is 0.333. The summed E-state index contributed by atoms with van der Waals surface area (Å²) in [4.78, 5) is 31.1. The Kier molecular flexibility index (Phi) is 6.49. The highest BCUT2D eigenvalue weighted by molar-refractivity contribution is 5.87.